The van der Waals surface area contributed by atoms with Crippen molar-refractivity contribution in [3.63, 3.8) is 0 Å². The van der Waals surface area contributed by atoms with Crippen LogP contribution in [0, 0.1) is 5.92 Å². The van der Waals surface area contributed by atoms with E-state index in [1.807, 2.05) is 0 Å². The van der Waals surface area contributed by atoms with Crippen molar-refractivity contribution in [3.05, 3.63) is 28.7 Å². The van der Waals surface area contributed by atoms with Gasteiger partial charge in [0.25, 0.3) is 0 Å². The number of halogens is 1. The van der Waals surface area contributed by atoms with Gasteiger partial charge < -0.3 is 10.6 Å². The van der Waals surface area contributed by atoms with Crippen molar-refractivity contribution in [2.75, 3.05) is 33.2 Å². The topological polar surface area (TPSA) is 78.5 Å². The molecule has 1 aliphatic rings. The summed E-state index contributed by atoms with van der Waals surface area (Å²) < 4.78 is 26.5. The fourth-order valence-electron chi connectivity index (χ4n) is 1.88. The normalized spacial score (nSPS) is 15.8. The molecule has 1 heterocycles. The Morgan fingerprint density at radius 1 is 1.38 bits per heavy atom. The fourth-order valence-corrected chi connectivity index (χ4v) is 3.27. The molecule has 21 heavy (non-hydrogen) atoms. The highest BCUT2D eigenvalue weighted by molar-refractivity contribution is 9.10. The first-order chi connectivity index (χ1) is 9.89. The van der Waals surface area contributed by atoms with E-state index in [2.05, 4.69) is 26.6 Å². The fraction of sp³-hybridized carbons (Fsp3) is 0.462. The van der Waals surface area contributed by atoms with Gasteiger partial charge in [0, 0.05) is 37.1 Å². The monoisotopic (exact) mass is 375 g/mol. The highest BCUT2D eigenvalue weighted by Crippen LogP contribution is 2.17. The van der Waals surface area contributed by atoms with E-state index in [0.717, 1.165) is 21.9 Å². The summed E-state index contributed by atoms with van der Waals surface area (Å²) in [7, 11) is -2.24. The molecule has 0 bridgehead atoms. The smallest absolute Gasteiger partial charge is 0.243 e. The van der Waals surface area contributed by atoms with Gasteiger partial charge in [0.2, 0.25) is 15.9 Å². The van der Waals surface area contributed by atoms with Gasteiger partial charge in [0.15, 0.2) is 0 Å². The van der Waals surface area contributed by atoms with Gasteiger partial charge >= 0.3 is 0 Å². The van der Waals surface area contributed by atoms with Gasteiger partial charge in [-0.2, -0.15) is 4.31 Å². The molecule has 2 N–H and O–H groups in total. The minimum atomic E-state index is -3.64. The van der Waals surface area contributed by atoms with Crippen molar-refractivity contribution in [3.8, 4) is 0 Å². The highest BCUT2D eigenvalue weighted by Gasteiger charge is 2.23. The number of likely N-dealkylation sites (N-methyl/N-ethyl adjacent to an activating group) is 1. The minimum absolute atomic E-state index is 0.171. The van der Waals surface area contributed by atoms with E-state index in [-0.39, 0.29) is 17.3 Å². The van der Waals surface area contributed by atoms with Crippen LogP contribution in [0.5, 0.6) is 0 Å². The lowest BCUT2D eigenvalue weighted by Gasteiger charge is -2.27. The quantitative estimate of drug-likeness (QED) is 0.754. The maximum atomic E-state index is 12.3. The number of rotatable bonds is 6. The number of amides is 1. The summed E-state index contributed by atoms with van der Waals surface area (Å²) in [6.07, 6.45) is 0. The summed E-state index contributed by atoms with van der Waals surface area (Å²) in [6, 6.07) is 6.33. The SMILES string of the molecule is CN(CC(=O)NCC1CNC1)S(=O)(=O)c1ccc(Br)cc1. The zero-order chi connectivity index (χ0) is 15.5. The van der Waals surface area contributed by atoms with Crippen LogP contribution in [0.3, 0.4) is 0 Å². The van der Waals surface area contributed by atoms with E-state index < -0.39 is 10.0 Å². The molecular formula is C13H18BrN3O3S. The first-order valence-corrected chi connectivity index (χ1v) is 8.82. The Morgan fingerprint density at radius 3 is 2.52 bits per heavy atom. The standard InChI is InChI=1S/C13H18BrN3O3S/c1-17(9-13(18)16-8-10-6-15-7-10)21(19,20)12-4-2-11(14)3-5-12/h2-5,10,15H,6-9H2,1H3,(H,16,18). The third-order valence-electron chi connectivity index (χ3n) is 3.34. The summed E-state index contributed by atoms with van der Waals surface area (Å²) >= 11 is 3.26. The van der Waals surface area contributed by atoms with E-state index in [9.17, 15) is 13.2 Å². The molecule has 1 aromatic rings. The number of carbonyl (C=O) groups is 1. The first kappa shape index (κ1) is 16.4. The van der Waals surface area contributed by atoms with Crippen molar-refractivity contribution < 1.29 is 13.2 Å². The molecule has 8 heteroatoms. The van der Waals surface area contributed by atoms with Gasteiger partial charge in [-0.3, -0.25) is 4.79 Å². The van der Waals surface area contributed by atoms with Crippen molar-refractivity contribution >= 4 is 31.9 Å². The third kappa shape index (κ3) is 4.26. The van der Waals surface area contributed by atoms with E-state index in [0.29, 0.717) is 12.5 Å². The molecule has 0 radical (unpaired) electrons. The van der Waals surface area contributed by atoms with Crippen molar-refractivity contribution in [2.24, 2.45) is 5.92 Å². The summed E-state index contributed by atoms with van der Waals surface area (Å²) in [4.78, 5) is 12.0. The molecule has 0 atom stereocenters. The largest absolute Gasteiger partial charge is 0.355 e. The number of hydrogen-bond acceptors (Lipinski definition) is 4. The number of carbonyl (C=O) groups excluding carboxylic acids is 1. The number of benzene rings is 1. The van der Waals surface area contributed by atoms with Crippen LogP contribution in [0.4, 0.5) is 0 Å². The molecule has 0 aromatic heterocycles. The van der Waals surface area contributed by atoms with Crippen LogP contribution in [0.2, 0.25) is 0 Å². The molecule has 2 rings (SSSR count). The van der Waals surface area contributed by atoms with Crippen LogP contribution < -0.4 is 10.6 Å². The molecule has 0 unspecified atom stereocenters. The molecule has 1 fully saturated rings. The maximum Gasteiger partial charge on any atom is 0.243 e. The van der Waals surface area contributed by atoms with Crippen molar-refractivity contribution in [2.45, 2.75) is 4.90 Å². The summed E-state index contributed by atoms with van der Waals surface area (Å²) in [5.41, 5.74) is 0. The van der Waals surface area contributed by atoms with Crippen LogP contribution in [0.25, 0.3) is 0 Å². The van der Waals surface area contributed by atoms with E-state index in [1.54, 1.807) is 12.1 Å². The van der Waals surface area contributed by atoms with Crippen LogP contribution in [-0.4, -0.2) is 51.9 Å². The van der Waals surface area contributed by atoms with Gasteiger partial charge in [0.05, 0.1) is 11.4 Å². The Hall–Kier alpha value is -0.960. The zero-order valence-corrected chi connectivity index (χ0v) is 14.1. The molecule has 116 valence electrons. The van der Waals surface area contributed by atoms with Gasteiger partial charge in [0.1, 0.15) is 0 Å². The van der Waals surface area contributed by atoms with Gasteiger partial charge in [-0.15, -0.1) is 0 Å². The summed E-state index contributed by atoms with van der Waals surface area (Å²) in [6.45, 7) is 2.19. The lowest BCUT2D eigenvalue weighted by Crippen LogP contribution is -2.49. The Labute approximate surface area is 133 Å². The maximum absolute atomic E-state index is 12.3. The second kappa shape index (κ2) is 6.87. The van der Waals surface area contributed by atoms with E-state index in [4.69, 9.17) is 0 Å². The molecule has 0 saturated carbocycles. The summed E-state index contributed by atoms with van der Waals surface area (Å²) in [5, 5.41) is 5.87. The Morgan fingerprint density at radius 2 is 2.00 bits per heavy atom. The van der Waals surface area contributed by atoms with Gasteiger partial charge in [-0.05, 0) is 24.3 Å². The number of nitrogens with one attached hydrogen (secondary N) is 2. The summed E-state index contributed by atoms with van der Waals surface area (Å²) in [5.74, 6) is 0.160. The van der Waals surface area contributed by atoms with Crippen molar-refractivity contribution in [1.82, 2.24) is 14.9 Å². The molecule has 1 saturated heterocycles. The van der Waals surface area contributed by atoms with E-state index >= 15 is 0 Å². The Balaban J connectivity index is 1.92. The van der Waals surface area contributed by atoms with Crippen LogP contribution in [0.1, 0.15) is 0 Å². The third-order valence-corrected chi connectivity index (χ3v) is 5.69. The number of nitrogens with zero attached hydrogens (tertiary/aromatic N) is 1. The lowest BCUT2D eigenvalue weighted by atomic mass is 10.0. The molecule has 1 amide bonds. The average Bonchev–Trinajstić information content (AvgIpc) is 2.37. The van der Waals surface area contributed by atoms with Crippen LogP contribution >= 0.6 is 15.9 Å². The number of hydrogen-bond donors (Lipinski definition) is 2. The van der Waals surface area contributed by atoms with E-state index in [1.165, 1.54) is 19.2 Å². The Kier molecular flexibility index (Phi) is 5.37. The lowest BCUT2D eigenvalue weighted by molar-refractivity contribution is -0.121. The van der Waals surface area contributed by atoms with Gasteiger partial charge in [-0.1, -0.05) is 15.9 Å². The highest BCUT2D eigenvalue weighted by atomic mass is 79.9. The predicted octanol–water partition coefficient (Wildman–Crippen LogP) is 0.405. The molecule has 0 aliphatic carbocycles. The Bertz CT molecular complexity index is 600. The van der Waals surface area contributed by atoms with Gasteiger partial charge in [-0.25, -0.2) is 8.42 Å². The predicted molar refractivity (Wildman–Crippen MR) is 83.3 cm³/mol. The molecule has 1 aromatic carbocycles. The molecule has 6 nitrogen and oxygen atoms in total. The number of sulfonamides is 1. The average molecular weight is 376 g/mol. The minimum Gasteiger partial charge on any atom is -0.355 e. The zero-order valence-electron chi connectivity index (χ0n) is 11.7. The molecular weight excluding hydrogens is 358 g/mol. The second-order valence-electron chi connectivity index (χ2n) is 5.04. The van der Waals surface area contributed by atoms with Crippen molar-refractivity contribution in [1.29, 1.82) is 0 Å². The molecule has 0 spiro atoms. The van der Waals surface area contributed by atoms with Crippen LogP contribution in [-0.2, 0) is 14.8 Å². The van der Waals surface area contributed by atoms with Crippen LogP contribution in [0.15, 0.2) is 33.6 Å². The first-order valence-electron chi connectivity index (χ1n) is 6.59. The molecule has 1 aliphatic heterocycles. The second-order valence-corrected chi connectivity index (χ2v) is 8.00.